The van der Waals surface area contributed by atoms with E-state index in [1.54, 1.807) is 0 Å². The van der Waals surface area contributed by atoms with E-state index in [-0.39, 0.29) is 0 Å². The van der Waals surface area contributed by atoms with Crippen LogP contribution in [0.2, 0.25) is 0 Å². The Hall–Kier alpha value is -1.87. The van der Waals surface area contributed by atoms with E-state index in [2.05, 4.69) is 53.2 Å². The zero-order valence-corrected chi connectivity index (χ0v) is 11.9. The normalized spacial score (nSPS) is 15.3. The third-order valence-electron chi connectivity index (χ3n) is 3.75. The molecule has 0 unspecified atom stereocenters. The fourth-order valence-electron chi connectivity index (χ4n) is 2.51. The van der Waals surface area contributed by atoms with Crippen molar-refractivity contribution in [2.75, 3.05) is 31.2 Å². The molecule has 20 heavy (non-hydrogen) atoms. The smallest absolute Gasteiger partial charge is 0.128 e. The monoisotopic (exact) mass is 268 g/mol. The largest absolute Gasteiger partial charge is 0.378 e. The van der Waals surface area contributed by atoms with Crippen molar-refractivity contribution in [1.29, 1.82) is 0 Å². The highest BCUT2D eigenvalue weighted by Gasteiger charge is 2.12. The summed E-state index contributed by atoms with van der Waals surface area (Å²) in [5.74, 6) is 1.05. The van der Waals surface area contributed by atoms with E-state index in [9.17, 15) is 0 Å². The molecule has 2 heterocycles. The number of nitrogens with zero attached hydrogens (tertiary/aromatic N) is 2. The van der Waals surface area contributed by atoms with Crippen molar-refractivity contribution in [1.82, 2.24) is 4.98 Å². The number of hydrogen-bond donors (Lipinski definition) is 0. The predicted molar refractivity (Wildman–Crippen MR) is 82.1 cm³/mol. The molecule has 0 bridgehead atoms. The lowest BCUT2D eigenvalue weighted by Gasteiger charge is -2.27. The predicted octanol–water partition coefficient (Wildman–Crippen LogP) is 3.15. The molecule has 0 saturated carbocycles. The van der Waals surface area contributed by atoms with Gasteiger partial charge in [-0.3, -0.25) is 0 Å². The van der Waals surface area contributed by atoms with E-state index in [4.69, 9.17) is 4.74 Å². The van der Waals surface area contributed by atoms with Crippen molar-refractivity contribution in [2.24, 2.45) is 0 Å². The average Bonchev–Trinajstić information content (AvgIpc) is 2.56. The molecule has 0 radical (unpaired) electrons. The van der Waals surface area contributed by atoms with E-state index >= 15 is 0 Å². The highest BCUT2D eigenvalue weighted by molar-refractivity contribution is 5.64. The third kappa shape index (κ3) is 2.83. The van der Waals surface area contributed by atoms with Crippen LogP contribution in [0.1, 0.15) is 12.5 Å². The summed E-state index contributed by atoms with van der Waals surface area (Å²) in [4.78, 5) is 6.88. The van der Waals surface area contributed by atoms with E-state index in [1.165, 1.54) is 16.7 Å². The molecular formula is C17H20N2O. The Morgan fingerprint density at radius 1 is 1.10 bits per heavy atom. The van der Waals surface area contributed by atoms with Crippen LogP contribution >= 0.6 is 0 Å². The summed E-state index contributed by atoms with van der Waals surface area (Å²) in [5, 5.41) is 0. The molecule has 0 amide bonds. The number of benzene rings is 1. The van der Waals surface area contributed by atoms with Gasteiger partial charge in [0.05, 0.1) is 13.2 Å². The first-order chi connectivity index (χ1) is 9.86. The molecule has 1 aliphatic heterocycles. The van der Waals surface area contributed by atoms with Crippen molar-refractivity contribution >= 4 is 5.82 Å². The molecule has 2 aromatic rings. The number of hydrogen-bond acceptors (Lipinski definition) is 3. The summed E-state index contributed by atoms with van der Waals surface area (Å²) in [5.41, 5.74) is 3.78. The molecule has 3 heteroatoms. The Kier molecular flexibility index (Phi) is 3.97. The lowest BCUT2D eigenvalue weighted by Crippen LogP contribution is -2.36. The molecule has 104 valence electrons. The lowest BCUT2D eigenvalue weighted by molar-refractivity contribution is 0.122. The maximum absolute atomic E-state index is 5.37. The van der Waals surface area contributed by atoms with Crippen molar-refractivity contribution in [2.45, 2.75) is 13.3 Å². The van der Waals surface area contributed by atoms with Gasteiger partial charge in [0.1, 0.15) is 5.82 Å². The zero-order valence-electron chi connectivity index (χ0n) is 11.9. The minimum atomic E-state index is 0.794. The fraction of sp³-hybridized carbons (Fsp3) is 0.353. The van der Waals surface area contributed by atoms with E-state index < -0.39 is 0 Å². The van der Waals surface area contributed by atoms with Gasteiger partial charge in [0.25, 0.3) is 0 Å². The second-order valence-corrected chi connectivity index (χ2v) is 5.06. The third-order valence-corrected chi connectivity index (χ3v) is 3.75. The Balaban J connectivity index is 1.81. The minimum Gasteiger partial charge on any atom is -0.378 e. The van der Waals surface area contributed by atoms with Gasteiger partial charge in [-0.2, -0.15) is 0 Å². The molecule has 0 atom stereocenters. The first-order valence-electron chi connectivity index (χ1n) is 7.25. The number of aryl methyl sites for hydroxylation is 1. The van der Waals surface area contributed by atoms with Crippen molar-refractivity contribution in [3.05, 3.63) is 48.2 Å². The maximum Gasteiger partial charge on any atom is 0.128 e. The molecule has 3 rings (SSSR count). The number of anilines is 1. The van der Waals surface area contributed by atoms with Gasteiger partial charge in [0.15, 0.2) is 0 Å². The topological polar surface area (TPSA) is 25.4 Å². The van der Waals surface area contributed by atoms with Gasteiger partial charge < -0.3 is 9.64 Å². The van der Waals surface area contributed by atoms with Gasteiger partial charge in [-0.15, -0.1) is 0 Å². The summed E-state index contributed by atoms with van der Waals surface area (Å²) in [6.07, 6.45) is 3.03. The molecular weight excluding hydrogens is 248 g/mol. The Bertz CT molecular complexity index is 559. The number of rotatable bonds is 3. The first-order valence-corrected chi connectivity index (χ1v) is 7.25. The fourth-order valence-corrected chi connectivity index (χ4v) is 2.51. The van der Waals surface area contributed by atoms with Crippen LogP contribution in [-0.4, -0.2) is 31.3 Å². The summed E-state index contributed by atoms with van der Waals surface area (Å²) in [6.45, 7) is 5.62. The van der Waals surface area contributed by atoms with Crippen LogP contribution in [0.15, 0.2) is 42.6 Å². The molecule has 1 aliphatic rings. The molecule has 1 fully saturated rings. The quantitative estimate of drug-likeness (QED) is 0.855. The molecule has 1 aromatic carbocycles. The maximum atomic E-state index is 5.37. The van der Waals surface area contributed by atoms with Crippen molar-refractivity contribution < 1.29 is 4.74 Å². The molecule has 1 saturated heterocycles. The molecule has 0 N–H and O–H groups in total. The van der Waals surface area contributed by atoms with Crippen LogP contribution in [0.5, 0.6) is 0 Å². The van der Waals surface area contributed by atoms with E-state index in [0.717, 1.165) is 38.5 Å². The molecule has 3 nitrogen and oxygen atoms in total. The Morgan fingerprint density at radius 2 is 1.95 bits per heavy atom. The van der Waals surface area contributed by atoms with E-state index in [1.807, 2.05) is 6.20 Å². The van der Waals surface area contributed by atoms with Gasteiger partial charge in [0.2, 0.25) is 0 Å². The number of morpholine rings is 1. The van der Waals surface area contributed by atoms with Crippen LogP contribution in [-0.2, 0) is 11.2 Å². The summed E-state index contributed by atoms with van der Waals surface area (Å²) in [6, 6.07) is 12.9. The van der Waals surface area contributed by atoms with Crippen LogP contribution in [0.25, 0.3) is 11.1 Å². The molecule has 1 aromatic heterocycles. The van der Waals surface area contributed by atoms with E-state index in [0.29, 0.717) is 0 Å². The van der Waals surface area contributed by atoms with Crippen LogP contribution in [0, 0.1) is 0 Å². The molecule has 0 aliphatic carbocycles. The number of pyridine rings is 1. The van der Waals surface area contributed by atoms with Crippen LogP contribution < -0.4 is 4.90 Å². The summed E-state index contributed by atoms with van der Waals surface area (Å²) < 4.78 is 5.37. The summed E-state index contributed by atoms with van der Waals surface area (Å²) in [7, 11) is 0. The number of ether oxygens (including phenoxy) is 1. The van der Waals surface area contributed by atoms with Crippen LogP contribution in [0.3, 0.4) is 0 Å². The summed E-state index contributed by atoms with van der Waals surface area (Å²) >= 11 is 0. The standard InChI is InChI=1S/C17H20N2O/c1-2-14-4-3-5-15(12-14)16-6-7-17(18-13-16)19-8-10-20-11-9-19/h3-7,12-13H,2,8-11H2,1H3. The van der Waals surface area contributed by atoms with Gasteiger partial charge >= 0.3 is 0 Å². The second-order valence-electron chi connectivity index (χ2n) is 5.06. The lowest BCUT2D eigenvalue weighted by atomic mass is 10.0. The highest BCUT2D eigenvalue weighted by Crippen LogP contribution is 2.22. The first kappa shape index (κ1) is 13.1. The van der Waals surface area contributed by atoms with Crippen molar-refractivity contribution in [3.63, 3.8) is 0 Å². The SMILES string of the molecule is CCc1cccc(-c2ccc(N3CCOCC3)nc2)c1. The van der Waals surface area contributed by atoms with Crippen molar-refractivity contribution in [3.8, 4) is 11.1 Å². The van der Waals surface area contributed by atoms with Gasteiger partial charge in [-0.05, 0) is 29.7 Å². The second kappa shape index (κ2) is 6.06. The van der Waals surface area contributed by atoms with Crippen LogP contribution in [0.4, 0.5) is 5.82 Å². The number of aromatic nitrogens is 1. The Labute approximate surface area is 120 Å². The van der Waals surface area contributed by atoms with Gasteiger partial charge in [-0.25, -0.2) is 4.98 Å². The Morgan fingerprint density at radius 3 is 2.65 bits per heavy atom. The minimum absolute atomic E-state index is 0.794. The zero-order chi connectivity index (χ0) is 13.8. The highest BCUT2D eigenvalue weighted by atomic mass is 16.5. The molecule has 0 spiro atoms. The van der Waals surface area contributed by atoms with Gasteiger partial charge in [0, 0.05) is 24.8 Å². The average molecular weight is 268 g/mol. The van der Waals surface area contributed by atoms with Gasteiger partial charge in [-0.1, -0.05) is 31.2 Å².